The summed E-state index contributed by atoms with van der Waals surface area (Å²) in [5.74, 6) is 0.236. The summed E-state index contributed by atoms with van der Waals surface area (Å²) in [6.45, 7) is 7.78. The van der Waals surface area contributed by atoms with E-state index in [2.05, 4.69) is 17.1 Å². The van der Waals surface area contributed by atoms with Crippen molar-refractivity contribution >= 4 is 11.8 Å². The van der Waals surface area contributed by atoms with Crippen LogP contribution in [-0.4, -0.2) is 73.6 Å². The van der Waals surface area contributed by atoms with Crippen LogP contribution in [0.4, 0.5) is 0 Å². The SMILES string of the molecule is CCN1C[C@H](NC(=O)C2CCN(C(C)=O)CC2)[C@@H](OC)C1. The van der Waals surface area contributed by atoms with Crippen molar-refractivity contribution in [2.45, 2.75) is 38.8 Å². The standard InChI is InChI=1S/C15H27N3O3/c1-4-17-9-13(14(10-17)21-3)16-15(20)12-5-7-18(8-6-12)11(2)19/h12-14H,4-10H2,1-3H3,(H,16,20)/t13-,14-/m0/s1. The summed E-state index contributed by atoms with van der Waals surface area (Å²) in [6, 6.07) is 0.0771. The zero-order chi connectivity index (χ0) is 15.4. The Morgan fingerprint density at radius 1 is 1.24 bits per heavy atom. The lowest BCUT2D eigenvalue weighted by molar-refractivity contribution is -0.134. The Bertz CT molecular complexity index is 380. The maximum absolute atomic E-state index is 12.4. The van der Waals surface area contributed by atoms with E-state index in [0.29, 0.717) is 13.1 Å². The summed E-state index contributed by atoms with van der Waals surface area (Å²) < 4.78 is 5.48. The van der Waals surface area contributed by atoms with Crippen LogP contribution in [0.2, 0.25) is 0 Å². The van der Waals surface area contributed by atoms with Gasteiger partial charge in [-0.1, -0.05) is 6.92 Å². The van der Waals surface area contributed by atoms with Gasteiger partial charge >= 0.3 is 0 Å². The lowest BCUT2D eigenvalue weighted by atomic mass is 9.95. The van der Waals surface area contributed by atoms with E-state index in [-0.39, 0.29) is 29.9 Å². The van der Waals surface area contributed by atoms with Crippen LogP contribution in [0.25, 0.3) is 0 Å². The van der Waals surface area contributed by atoms with Gasteiger partial charge in [-0.15, -0.1) is 0 Å². The number of methoxy groups -OCH3 is 1. The summed E-state index contributed by atoms with van der Waals surface area (Å²) >= 11 is 0. The molecule has 1 N–H and O–H groups in total. The van der Waals surface area contributed by atoms with Crippen molar-refractivity contribution in [1.29, 1.82) is 0 Å². The molecule has 2 heterocycles. The van der Waals surface area contributed by atoms with E-state index >= 15 is 0 Å². The third kappa shape index (κ3) is 3.95. The van der Waals surface area contributed by atoms with Crippen LogP contribution < -0.4 is 5.32 Å². The third-order valence-corrected chi connectivity index (χ3v) is 4.73. The van der Waals surface area contributed by atoms with Gasteiger partial charge in [0.1, 0.15) is 0 Å². The molecule has 0 aromatic rings. The number of nitrogens with zero attached hydrogens (tertiary/aromatic N) is 2. The second kappa shape index (κ2) is 7.22. The first-order valence-electron chi connectivity index (χ1n) is 7.86. The number of nitrogens with one attached hydrogen (secondary N) is 1. The Kier molecular flexibility index (Phi) is 5.58. The number of carbonyl (C=O) groups excluding carboxylic acids is 2. The first-order valence-corrected chi connectivity index (χ1v) is 7.86. The molecule has 0 saturated carbocycles. The van der Waals surface area contributed by atoms with Gasteiger partial charge in [-0.2, -0.15) is 0 Å². The van der Waals surface area contributed by atoms with E-state index in [4.69, 9.17) is 4.74 Å². The zero-order valence-corrected chi connectivity index (χ0v) is 13.3. The van der Waals surface area contributed by atoms with E-state index in [1.165, 1.54) is 0 Å². The summed E-state index contributed by atoms with van der Waals surface area (Å²) in [5, 5.41) is 3.15. The highest BCUT2D eigenvalue weighted by atomic mass is 16.5. The molecule has 2 aliphatic heterocycles. The number of ether oxygens (including phenoxy) is 1. The maximum atomic E-state index is 12.4. The predicted octanol–water partition coefficient (Wildman–Crippen LogP) is 0.0802. The Labute approximate surface area is 126 Å². The molecular weight excluding hydrogens is 270 g/mol. The van der Waals surface area contributed by atoms with Gasteiger partial charge in [0.2, 0.25) is 11.8 Å². The summed E-state index contributed by atoms with van der Waals surface area (Å²) in [7, 11) is 1.70. The summed E-state index contributed by atoms with van der Waals surface area (Å²) in [4.78, 5) is 27.8. The fraction of sp³-hybridized carbons (Fsp3) is 0.867. The second-order valence-corrected chi connectivity index (χ2v) is 6.02. The normalized spacial score (nSPS) is 27.9. The Hall–Kier alpha value is -1.14. The van der Waals surface area contributed by atoms with Crippen molar-refractivity contribution in [1.82, 2.24) is 15.1 Å². The number of likely N-dealkylation sites (N-methyl/N-ethyl adjacent to an activating group) is 1. The fourth-order valence-corrected chi connectivity index (χ4v) is 3.24. The van der Waals surface area contributed by atoms with Crippen LogP contribution >= 0.6 is 0 Å². The van der Waals surface area contributed by atoms with Gasteiger partial charge in [-0.3, -0.25) is 14.5 Å². The van der Waals surface area contributed by atoms with Crippen LogP contribution in [-0.2, 0) is 14.3 Å². The molecule has 2 aliphatic rings. The molecule has 0 bridgehead atoms. The number of hydrogen-bond donors (Lipinski definition) is 1. The molecule has 0 aromatic heterocycles. The number of carbonyl (C=O) groups is 2. The molecule has 2 saturated heterocycles. The number of piperidine rings is 1. The highest BCUT2D eigenvalue weighted by Crippen LogP contribution is 2.19. The average molecular weight is 297 g/mol. The largest absolute Gasteiger partial charge is 0.378 e. The van der Waals surface area contributed by atoms with Gasteiger partial charge in [0.15, 0.2) is 0 Å². The monoisotopic (exact) mass is 297 g/mol. The minimum atomic E-state index is 0.0220. The number of likely N-dealkylation sites (tertiary alicyclic amines) is 2. The van der Waals surface area contributed by atoms with E-state index in [9.17, 15) is 9.59 Å². The first kappa shape index (κ1) is 16.2. The van der Waals surface area contributed by atoms with Crippen molar-refractivity contribution in [3.05, 3.63) is 0 Å². The molecule has 0 aliphatic carbocycles. The van der Waals surface area contributed by atoms with Gasteiger partial charge in [0.25, 0.3) is 0 Å². The van der Waals surface area contributed by atoms with Crippen molar-refractivity contribution in [3.8, 4) is 0 Å². The molecule has 0 aromatic carbocycles. The quantitative estimate of drug-likeness (QED) is 0.798. The molecule has 0 radical (unpaired) electrons. The number of rotatable bonds is 4. The highest BCUT2D eigenvalue weighted by Gasteiger charge is 2.35. The number of hydrogen-bond acceptors (Lipinski definition) is 4. The molecular formula is C15H27N3O3. The topological polar surface area (TPSA) is 61.9 Å². The Morgan fingerprint density at radius 2 is 1.90 bits per heavy atom. The van der Waals surface area contributed by atoms with Crippen LogP contribution in [0.5, 0.6) is 0 Å². The van der Waals surface area contributed by atoms with Crippen LogP contribution in [0, 0.1) is 5.92 Å². The van der Waals surface area contributed by atoms with E-state index < -0.39 is 0 Å². The summed E-state index contributed by atoms with van der Waals surface area (Å²) in [6.07, 6.45) is 1.59. The second-order valence-electron chi connectivity index (χ2n) is 6.02. The summed E-state index contributed by atoms with van der Waals surface area (Å²) in [5.41, 5.74) is 0. The van der Waals surface area contributed by atoms with E-state index in [1.807, 2.05) is 4.90 Å². The highest BCUT2D eigenvalue weighted by molar-refractivity contribution is 5.80. The van der Waals surface area contributed by atoms with Gasteiger partial charge in [0.05, 0.1) is 12.1 Å². The molecule has 2 fully saturated rings. The van der Waals surface area contributed by atoms with Gasteiger partial charge in [-0.25, -0.2) is 0 Å². The molecule has 2 atom stereocenters. The van der Waals surface area contributed by atoms with E-state index in [0.717, 1.165) is 32.5 Å². The van der Waals surface area contributed by atoms with Gasteiger partial charge < -0.3 is 15.0 Å². The van der Waals surface area contributed by atoms with Crippen LogP contribution in [0.1, 0.15) is 26.7 Å². The molecule has 0 unspecified atom stereocenters. The molecule has 120 valence electrons. The van der Waals surface area contributed by atoms with Gasteiger partial charge in [-0.05, 0) is 19.4 Å². The molecule has 6 heteroatoms. The lowest BCUT2D eigenvalue weighted by Gasteiger charge is -2.31. The van der Waals surface area contributed by atoms with Gasteiger partial charge in [0, 0.05) is 46.1 Å². The number of amides is 2. The predicted molar refractivity (Wildman–Crippen MR) is 79.8 cm³/mol. The third-order valence-electron chi connectivity index (χ3n) is 4.73. The first-order chi connectivity index (χ1) is 10.0. The minimum Gasteiger partial charge on any atom is -0.378 e. The van der Waals surface area contributed by atoms with Crippen molar-refractivity contribution in [2.24, 2.45) is 5.92 Å². The van der Waals surface area contributed by atoms with Crippen LogP contribution in [0.3, 0.4) is 0 Å². The molecule has 21 heavy (non-hydrogen) atoms. The molecule has 2 amide bonds. The molecule has 2 rings (SSSR count). The smallest absolute Gasteiger partial charge is 0.223 e. The van der Waals surface area contributed by atoms with Crippen molar-refractivity contribution in [3.63, 3.8) is 0 Å². The fourth-order valence-electron chi connectivity index (χ4n) is 3.24. The maximum Gasteiger partial charge on any atom is 0.223 e. The van der Waals surface area contributed by atoms with Crippen molar-refractivity contribution in [2.75, 3.05) is 39.8 Å². The molecule has 6 nitrogen and oxygen atoms in total. The van der Waals surface area contributed by atoms with Crippen LogP contribution in [0.15, 0.2) is 0 Å². The average Bonchev–Trinajstić information content (AvgIpc) is 2.89. The van der Waals surface area contributed by atoms with Crippen molar-refractivity contribution < 1.29 is 14.3 Å². The Balaban J connectivity index is 1.83. The zero-order valence-electron chi connectivity index (χ0n) is 13.3. The Morgan fingerprint density at radius 3 is 2.43 bits per heavy atom. The molecule has 0 spiro atoms. The lowest BCUT2D eigenvalue weighted by Crippen LogP contribution is -2.48. The van der Waals surface area contributed by atoms with E-state index in [1.54, 1.807) is 14.0 Å². The minimum absolute atomic E-state index is 0.0220.